The van der Waals surface area contributed by atoms with Gasteiger partial charge in [-0.05, 0) is 31.3 Å². The number of nitrogens with zero attached hydrogens (tertiary/aromatic N) is 3. The molecule has 1 N–H and O–H groups in total. The summed E-state index contributed by atoms with van der Waals surface area (Å²) in [5, 5.41) is 12.8. The molecular weight excluding hydrogens is 336 g/mol. The number of nitriles is 1. The minimum absolute atomic E-state index is 0.155. The fraction of sp³-hybridized carbons (Fsp3) is 0.158. The van der Waals surface area contributed by atoms with Crippen molar-refractivity contribution in [2.45, 2.75) is 6.54 Å². The Balaban J connectivity index is 1.69. The summed E-state index contributed by atoms with van der Waals surface area (Å²) >= 11 is 6.05. The van der Waals surface area contributed by atoms with E-state index in [-0.39, 0.29) is 12.5 Å². The van der Waals surface area contributed by atoms with Crippen LogP contribution in [0.4, 0.5) is 5.69 Å². The van der Waals surface area contributed by atoms with Gasteiger partial charge in [-0.2, -0.15) is 5.26 Å². The first-order valence-corrected chi connectivity index (χ1v) is 8.18. The van der Waals surface area contributed by atoms with Crippen LogP contribution in [0.5, 0.6) is 0 Å². The Kier molecular flexibility index (Phi) is 5.03. The van der Waals surface area contributed by atoms with Gasteiger partial charge in [-0.1, -0.05) is 29.8 Å². The van der Waals surface area contributed by atoms with Gasteiger partial charge in [0.1, 0.15) is 6.07 Å². The summed E-state index contributed by atoms with van der Waals surface area (Å²) in [5.74, 6) is -0.155. The highest BCUT2D eigenvalue weighted by atomic mass is 35.5. The summed E-state index contributed by atoms with van der Waals surface area (Å²) in [6.45, 7) is 0.697. The second kappa shape index (κ2) is 7.39. The van der Waals surface area contributed by atoms with Gasteiger partial charge in [-0.15, -0.1) is 0 Å². The van der Waals surface area contributed by atoms with Gasteiger partial charge in [0.05, 0.1) is 28.3 Å². The minimum atomic E-state index is -0.155. The first-order valence-electron chi connectivity index (χ1n) is 7.80. The van der Waals surface area contributed by atoms with Gasteiger partial charge in [0.25, 0.3) is 0 Å². The zero-order chi connectivity index (χ0) is 17.8. The van der Waals surface area contributed by atoms with Crippen molar-refractivity contribution in [1.82, 2.24) is 9.30 Å². The van der Waals surface area contributed by atoms with E-state index >= 15 is 0 Å². The molecule has 0 saturated heterocycles. The molecule has 126 valence electrons. The van der Waals surface area contributed by atoms with E-state index in [1.807, 2.05) is 59.1 Å². The topological polar surface area (TPSA) is 60.5 Å². The maximum absolute atomic E-state index is 12.2. The van der Waals surface area contributed by atoms with Crippen LogP contribution in [0.2, 0.25) is 5.02 Å². The van der Waals surface area contributed by atoms with Crippen molar-refractivity contribution in [1.29, 1.82) is 5.26 Å². The van der Waals surface area contributed by atoms with Crippen LogP contribution < -0.4 is 5.32 Å². The van der Waals surface area contributed by atoms with E-state index in [2.05, 4.69) is 11.4 Å². The van der Waals surface area contributed by atoms with Crippen LogP contribution in [0.3, 0.4) is 0 Å². The lowest BCUT2D eigenvalue weighted by atomic mass is 10.1. The van der Waals surface area contributed by atoms with Gasteiger partial charge >= 0.3 is 0 Å². The average molecular weight is 353 g/mol. The van der Waals surface area contributed by atoms with Crippen LogP contribution in [0.1, 0.15) is 11.1 Å². The number of para-hydroxylation sites is 1. The summed E-state index contributed by atoms with van der Waals surface area (Å²) < 4.78 is 1.92. The first-order chi connectivity index (χ1) is 12.1. The van der Waals surface area contributed by atoms with E-state index in [0.29, 0.717) is 22.8 Å². The smallest absolute Gasteiger partial charge is 0.238 e. The molecule has 0 bridgehead atoms. The van der Waals surface area contributed by atoms with E-state index in [0.717, 1.165) is 11.1 Å². The van der Waals surface area contributed by atoms with Crippen molar-refractivity contribution < 1.29 is 4.79 Å². The normalized spacial score (nSPS) is 10.8. The number of amides is 1. The number of carbonyl (C=O) groups is 1. The second-order valence-corrected chi connectivity index (χ2v) is 6.24. The Morgan fingerprint density at radius 3 is 2.80 bits per heavy atom. The number of nitrogens with one attached hydrogen (secondary N) is 1. The molecule has 0 aliphatic heterocycles. The largest absolute Gasteiger partial charge is 0.324 e. The van der Waals surface area contributed by atoms with Crippen LogP contribution in [-0.4, -0.2) is 28.8 Å². The van der Waals surface area contributed by atoms with Crippen molar-refractivity contribution in [2.75, 3.05) is 18.9 Å². The number of benzene rings is 1. The second-order valence-electron chi connectivity index (χ2n) is 5.83. The number of anilines is 1. The Bertz CT molecular complexity index is 957. The third-order valence-corrected chi connectivity index (χ3v) is 4.21. The highest BCUT2D eigenvalue weighted by molar-refractivity contribution is 6.33. The molecule has 0 saturated carbocycles. The lowest BCUT2D eigenvalue weighted by Gasteiger charge is -2.16. The Morgan fingerprint density at radius 1 is 1.28 bits per heavy atom. The van der Waals surface area contributed by atoms with E-state index in [1.54, 1.807) is 12.1 Å². The molecule has 0 aliphatic carbocycles. The Labute approximate surface area is 151 Å². The molecule has 2 aromatic heterocycles. The average Bonchev–Trinajstić information content (AvgIpc) is 2.93. The molecule has 3 aromatic rings. The quantitative estimate of drug-likeness (QED) is 0.764. The van der Waals surface area contributed by atoms with Crippen molar-refractivity contribution in [3.8, 4) is 6.07 Å². The molecule has 5 nitrogen and oxygen atoms in total. The van der Waals surface area contributed by atoms with E-state index < -0.39 is 0 Å². The monoisotopic (exact) mass is 352 g/mol. The van der Waals surface area contributed by atoms with Crippen LogP contribution in [0.15, 0.2) is 54.9 Å². The van der Waals surface area contributed by atoms with Crippen LogP contribution >= 0.6 is 11.6 Å². The third kappa shape index (κ3) is 3.82. The third-order valence-electron chi connectivity index (χ3n) is 3.88. The summed E-state index contributed by atoms with van der Waals surface area (Å²) in [4.78, 5) is 14.1. The fourth-order valence-electron chi connectivity index (χ4n) is 2.77. The Morgan fingerprint density at radius 2 is 2.04 bits per heavy atom. The number of likely N-dealkylation sites (N-methyl/N-ethyl adjacent to an activating group) is 1. The number of hydrogen-bond donors (Lipinski definition) is 1. The SMILES string of the molecule is CN(CC(=O)Nc1ccccc1Cl)Cc1cn2ccccc2c1C#N. The molecule has 0 unspecified atom stereocenters. The molecule has 0 atom stereocenters. The van der Waals surface area contributed by atoms with Crippen molar-refractivity contribution >= 4 is 28.7 Å². The van der Waals surface area contributed by atoms with Crippen LogP contribution in [-0.2, 0) is 11.3 Å². The van der Waals surface area contributed by atoms with Gasteiger partial charge in [-0.25, -0.2) is 0 Å². The molecule has 2 heterocycles. The maximum Gasteiger partial charge on any atom is 0.238 e. The number of halogens is 1. The predicted molar refractivity (Wildman–Crippen MR) is 98.5 cm³/mol. The lowest BCUT2D eigenvalue weighted by molar-refractivity contribution is -0.117. The molecule has 6 heteroatoms. The molecule has 0 aliphatic rings. The molecule has 3 rings (SSSR count). The van der Waals surface area contributed by atoms with E-state index in [4.69, 9.17) is 11.6 Å². The number of aromatic nitrogens is 1. The Hall–Kier alpha value is -2.81. The maximum atomic E-state index is 12.2. The van der Waals surface area contributed by atoms with Crippen molar-refractivity contribution in [3.05, 3.63) is 71.0 Å². The van der Waals surface area contributed by atoms with Crippen molar-refractivity contribution in [3.63, 3.8) is 0 Å². The number of pyridine rings is 1. The summed E-state index contributed by atoms with van der Waals surface area (Å²) in [6.07, 6.45) is 3.83. The van der Waals surface area contributed by atoms with Gasteiger partial charge in [0.15, 0.2) is 0 Å². The molecule has 1 amide bonds. The van der Waals surface area contributed by atoms with Gasteiger partial charge in [-0.3, -0.25) is 9.69 Å². The molecule has 0 spiro atoms. The van der Waals surface area contributed by atoms with E-state index in [9.17, 15) is 10.1 Å². The van der Waals surface area contributed by atoms with Gasteiger partial charge < -0.3 is 9.72 Å². The summed E-state index contributed by atoms with van der Waals surface area (Å²) in [6, 6.07) is 15.1. The zero-order valence-corrected chi connectivity index (χ0v) is 14.5. The summed E-state index contributed by atoms with van der Waals surface area (Å²) in [7, 11) is 1.84. The van der Waals surface area contributed by atoms with Crippen molar-refractivity contribution in [2.24, 2.45) is 0 Å². The van der Waals surface area contributed by atoms with Crippen LogP contribution in [0, 0.1) is 11.3 Å². The summed E-state index contributed by atoms with van der Waals surface area (Å²) in [5.41, 5.74) is 2.99. The van der Waals surface area contributed by atoms with Gasteiger partial charge in [0, 0.05) is 24.5 Å². The standard InChI is InChI=1S/C19H17ClN4O/c1-23(13-19(25)22-17-7-3-2-6-16(17)20)11-14-12-24-9-5-4-8-18(24)15(14)10-21/h2-9,12H,11,13H2,1H3,(H,22,25). The number of carbonyl (C=O) groups excluding carboxylic acids is 1. The number of hydrogen-bond acceptors (Lipinski definition) is 3. The van der Waals surface area contributed by atoms with Gasteiger partial charge in [0.2, 0.25) is 5.91 Å². The highest BCUT2D eigenvalue weighted by Gasteiger charge is 2.14. The number of rotatable bonds is 5. The first kappa shape index (κ1) is 17.0. The molecule has 0 radical (unpaired) electrons. The highest BCUT2D eigenvalue weighted by Crippen LogP contribution is 2.21. The molecule has 0 fully saturated rings. The molecule has 1 aromatic carbocycles. The predicted octanol–water partition coefficient (Wildman–Crippen LogP) is 3.53. The lowest BCUT2D eigenvalue weighted by Crippen LogP contribution is -2.30. The molecule has 25 heavy (non-hydrogen) atoms. The fourth-order valence-corrected chi connectivity index (χ4v) is 2.95. The van der Waals surface area contributed by atoms with E-state index in [1.165, 1.54) is 0 Å². The minimum Gasteiger partial charge on any atom is -0.324 e. The number of fused-ring (bicyclic) bond motifs is 1. The molecular formula is C19H17ClN4O. The zero-order valence-electron chi connectivity index (χ0n) is 13.7. The van der Waals surface area contributed by atoms with Crippen LogP contribution in [0.25, 0.3) is 5.52 Å².